The maximum atomic E-state index is 12.6. The molecule has 0 radical (unpaired) electrons. The van der Waals surface area contributed by atoms with Gasteiger partial charge in [-0.05, 0) is 55.9 Å². The van der Waals surface area contributed by atoms with Crippen molar-refractivity contribution < 1.29 is 27.5 Å². The number of hydrogen-bond donors (Lipinski definition) is 1. The highest BCUT2D eigenvalue weighted by atomic mass is 32.2. The minimum absolute atomic E-state index is 0.194. The van der Waals surface area contributed by atoms with Crippen LogP contribution in [0.1, 0.15) is 37.7 Å². The van der Waals surface area contributed by atoms with Gasteiger partial charge < -0.3 is 14.8 Å². The molecule has 174 valence electrons. The maximum absolute atomic E-state index is 12.6. The number of sulfonamides is 1. The number of benzene rings is 1. The summed E-state index contributed by atoms with van der Waals surface area (Å²) in [6, 6.07) is 6.24. The Labute approximate surface area is 189 Å². The molecular formula is C23H30N2O6S. The summed E-state index contributed by atoms with van der Waals surface area (Å²) >= 11 is 0. The highest BCUT2D eigenvalue weighted by Crippen LogP contribution is 2.19. The van der Waals surface area contributed by atoms with Crippen LogP contribution in [-0.4, -0.2) is 64.1 Å². The zero-order valence-corrected chi connectivity index (χ0v) is 18.9. The summed E-state index contributed by atoms with van der Waals surface area (Å²) in [5.74, 6) is -0.971. The Kier molecular flexibility index (Phi) is 9.01. The van der Waals surface area contributed by atoms with Crippen LogP contribution < -0.4 is 5.32 Å². The van der Waals surface area contributed by atoms with Crippen molar-refractivity contribution in [1.29, 1.82) is 0 Å². The van der Waals surface area contributed by atoms with Crippen molar-refractivity contribution in [2.24, 2.45) is 0 Å². The second-order valence-corrected chi connectivity index (χ2v) is 9.67. The van der Waals surface area contributed by atoms with E-state index in [0.717, 1.165) is 19.3 Å². The van der Waals surface area contributed by atoms with Crippen LogP contribution in [0.2, 0.25) is 0 Å². The molecule has 0 saturated carbocycles. The minimum Gasteiger partial charge on any atom is -0.452 e. The lowest BCUT2D eigenvalue weighted by atomic mass is 9.97. The molecule has 1 saturated heterocycles. The summed E-state index contributed by atoms with van der Waals surface area (Å²) in [5.41, 5.74) is 2.02. The lowest BCUT2D eigenvalue weighted by Crippen LogP contribution is -2.40. The van der Waals surface area contributed by atoms with Gasteiger partial charge in [-0.1, -0.05) is 23.8 Å². The van der Waals surface area contributed by atoms with E-state index in [4.69, 9.17) is 9.47 Å². The number of ether oxygens (including phenoxy) is 2. The molecule has 1 amide bonds. The SMILES string of the molecule is O=C(COC(=O)C=Cc1ccc(S(=O)(=O)N2CCOCC2)cc1)NCCC1=CCCCC1. The zero-order chi connectivity index (χ0) is 22.8. The number of esters is 1. The van der Waals surface area contributed by atoms with Crippen molar-refractivity contribution in [2.45, 2.75) is 37.0 Å². The van der Waals surface area contributed by atoms with E-state index in [2.05, 4.69) is 11.4 Å². The number of allylic oxidation sites excluding steroid dienone is 1. The standard InChI is InChI=1S/C23H30N2O6S/c26-22(24-13-12-19-4-2-1-3-5-19)18-31-23(27)11-8-20-6-9-21(10-7-20)32(28,29)25-14-16-30-17-15-25/h4,6-11H,1-3,5,12-18H2,(H,24,26). The Hall–Kier alpha value is -2.49. The van der Waals surface area contributed by atoms with Crippen molar-refractivity contribution in [3.63, 3.8) is 0 Å². The number of nitrogens with zero attached hydrogens (tertiary/aromatic N) is 1. The molecule has 0 atom stereocenters. The Morgan fingerprint density at radius 1 is 1.12 bits per heavy atom. The van der Waals surface area contributed by atoms with Gasteiger partial charge in [0.15, 0.2) is 6.61 Å². The highest BCUT2D eigenvalue weighted by Gasteiger charge is 2.25. The Balaban J connectivity index is 1.40. The van der Waals surface area contributed by atoms with Gasteiger partial charge in [0.25, 0.3) is 5.91 Å². The van der Waals surface area contributed by atoms with Crippen LogP contribution in [0.3, 0.4) is 0 Å². The molecule has 1 aromatic rings. The molecule has 32 heavy (non-hydrogen) atoms. The average molecular weight is 463 g/mol. The van der Waals surface area contributed by atoms with Gasteiger partial charge in [-0.15, -0.1) is 0 Å². The number of carbonyl (C=O) groups excluding carboxylic acids is 2. The number of carbonyl (C=O) groups is 2. The lowest BCUT2D eigenvalue weighted by Gasteiger charge is -2.26. The molecular weight excluding hydrogens is 432 g/mol. The smallest absolute Gasteiger partial charge is 0.331 e. The summed E-state index contributed by atoms with van der Waals surface area (Å²) in [6.07, 6.45) is 10.4. The van der Waals surface area contributed by atoms with E-state index in [1.54, 1.807) is 12.1 Å². The second-order valence-electron chi connectivity index (χ2n) is 7.73. The molecule has 2 aliphatic rings. The zero-order valence-electron chi connectivity index (χ0n) is 18.1. The largest absolute Gasteiger partial charge is 0.452 e. The van der Waals surface area contributed by atoms with Gasteiger partial charge >= 0.3 is 5.97 Å². The first-order valence-corrected chi connectivity index (χ1v) is 12.4. The molecule has 1 aliphatic carbocycles. The van der Waals surface area contributed by atoms with E-state index in [-0.39, 0.29) is 17.4 Å². The summed E-state index contributed by atoms with van der Waals surface area (Å²) in [5, 5.41) is 2.76. The first-order chi connectivity index (χ1) is 15.4. The first kappa shape index (κ1) is 24.2. The number of rotatable bonds is 9. The fraction of sp³-hybridized carbons (Fsp3) is 0.478. The van der Waals surface area contributed by atoms with Crippen molar-refractivity contribution in [3.05, 3.63) is 47.6 Å². The summed E-state index contributed by atoms with van der Waals surface area (Å²) in [6.45, 7) is 1.65. The van der Waals surface area contributed by atoms with Gasteiger partial charge in [0.05, 0.1) is 18.1 Å². The molecule has 3 rings (SSSR count). The number of morpholine rings is 1. The van der Waals surface area contributed by atoms with E-state index in [0.29, 0.717) is 38.4 Å². The van der Waals surface area contributed by atoms with Crippen LogP contribution in [0.5, 0.6) is 0 Å². The van der Waals surface area contributed by atoms with Crippen molar-refractivity contribution in [2.75, 3.05) is 39.5 Å². The van der Waals surface area contributed by atoms with E-state index >= 15 is 0 Å². The van der Waals surface area contributed by atoms with Gasteiger partial charge in [-0.3, -0.25) is 4.79 Å². The minimum atomic E-state index is -3.55. The third-order valence-electron chi connectivity index (χ3n) is 5.40. The third kappa shape index (κ3) is 7.29. The molecule has 1 heterocycles. The summed E-state index contributed by atoms with van der Waals surface area (Å²) < 4.78 is 36.8. The van der Waals surface area contributed by atoms with E-state index in [1.807, 2.05) is 0 Å². The fourth-order valence-electron chi connectivity index (χ4n) is 3.58. The van der Waals surface area contributed by atoms with E-state index < -0.39 is 16.0 Å². The predicted octanol–water partition coefficient (Wildman–Crippen LogP) is 2.27. The normalized spacial score (nSPS) is 17.7. The summed E-state index contributed by atoms with van der Waals surface area (Å²) in [7, 11) is -3.55. The molecule has 1 aromatic carbocycles. The molecule has 0 spiro atoms. The molecule has 0 unspecified atom stereocenters. The van der Waals surface area contributed by atoms with Crippen molar-refractivity contribution in [3.8, 4) is 0 Å². The average Bonchev–Trinajstić information content (AvgIpc) is 2.83. The maximum Gasteiger partial charge on any atom is 0.331 e. The Morgan fingerprint density at radius 3 is 2.56 bits per heavy atom. The third-order valence-corrected chi connectivity index (χ3v) is 7.31. The van der Waals surface area contributed by atoms with Gasteiger partial charge in [-0.25, -0.2) is 13.2 Å². The Morgan fingerprint density at radius 2 is 1.88 bits per heavy atom. The monoisotopic (exact) mass is 462 g/mol. The molecule has 1 N–H and O–H groups in total. The number of hydrogen-bond acceptors (Lipinski definition) is 6. The van der Waals surface area contributed by atoms with Crippen molar-refractivity contribution >= 4 is 28.0 Å². The van der Waals surface area contributed by atoms with Gasteiger partial charge in [0, 0.05) is 25.7 Å². The molecule has 0 bridgehead atoms. The molecule has 1 aliphatic heterocycles. The van der Waals surface area contributed by atoms with E-state index in [1.165, 1.54) is 47.0 Å². The predicted molar refractivity (Wildman–Crippen MR) is 120 cm³/mol. The van der Waals surface area contributed by atoms with Crippen molar-refractivity contribution in [1.82, 2.24) is 9.62 Å². The molecule has 8 nitrogen and oxygen atoms in total. The topological polar surface area (TPSA) is 102 Å². The van der Waals surface area contributed by atoms with Crippen LogP contribution >= 0.6 is 0 Å². The number of nitrogens with one attached hydrogen (secondary N) is 1. The highest BCUT2D eigenvalue weighted by molar-refractivity contribution is 7.89. The van der Waals surface area contributed by atoms with Gasteiger partial charge in [0.1, 0.15) is 0 Å². The van der Waals surface area contributed by atoms with Crippen LogP contribution in [0.4, 0.5) is 0 Å². The van der Waals surface area contributed by atoms with Crippen LogP contribution in [0.15, 0.2) is 46.9 Å². The summed E-state index contributed by atoms with van der Waals surface area (Å²) in [4.78, 5) is 23.9. The van der Waals surface area contributed by atoms with E-state index in [9.17, 15) is 18.0 Å². The quantitative estimate of drug-likeness (QED) is 0.343. The van der Waals surface area contributed by atoms with Gasteiger partial charge in [-0.2, -0.15) is 4.31 Å². The van der Waals surface area contributed by atoms with Crippen LogP contribution in [0.25, 0.3) is 6.08 Å². The van der Waals surface area contributed by atoms with Gasteiger partial charge in [0.2, 0.25) is 10.0 Å². The molecule has 0 aromatic heterocycles. The molecule has 9 heteroatoms. The molecule has 1 fully saturated rings. The lowest BCUT2D eigenvalue weighted by molar-refractivity contribution is -0.143. The first-order valence-electron chi connectivity index (χ1n) is 10.9. The number of amides is 1. The Bertz CT molecular complexity index is 947. The van der Waals surface area contributed by atoms with Crippen LogP contribution in [0, 0.1) is 0 Å². The van der Waals surface area contributed by atoms with Crippen LogP contribution in [-0.2, 0) is 29.1 Å². The second kappa shape index (κ2) is 11.9. The fourth-order valence-corrected chi connectivity index (χ4v) is 4.99.